The summed E-state index contributed by atoms with van der Waals surface area (Å²) in [6, 6.07) is 17.5. The minimum atomic E-state index is -0.250. The Morgan fingerprint density at radius 3 is 1.57 bits per heavy atom. The molecule has 0 amide bonds. The van der Waals surface area contributed by atoms with Gasteiger partial charge in [0.1, 0.15) is 0 Å². The van der Waals surface area contributed by atoms with Crippen molar-refractivity contribution in [3.05, 3.63) is 86.3 Å². The summed E-state index contributed by atoms with van der Waals surface area (Å²) in [5.74, 6) is 0.393. The summed E-state index contributed by atoms with van der Waals surface area (Å²) >= 11 is 0. The van der Waals surface area contributed by atoms with Crippen LogP contribution in [0.4, 0.5) is 0 Å². The molecule has 4 radical (unpaired) electrons. The molecule has 162 valence electrons. The first-order valence-electron chi connectivity index (χ1n) is 8.56. The molecule has 0 fully saturated rings. The van der Waals surface area contributed by atoms with Gasteiger partial charge in [0, 0.05) is 11.0 Å². The molecular formula is C25H31Cl2NSiTi-4. The second kappa shape index (κ2) is 14.5. The van der Waals surface area contributed by atoms with Gasteiger partial charge in [0.2, 0.25) is 0 Å². The molecule has 1 nitrogen and oxygen atoms in total. The summed E-state index contributed by atoms with van der Waals surface area (Å²) in [4.78, 5) is 0. The van der Waals surface area contributed by atoms with Crippen molar-refractivity contribution in [3.63, 3.8) is 0 Å². The largest absolute Gasteiger partial charge is 2.00 e. The van der Waals surface area contributed by atoms with Crippen molar-refractivity contribution in [1.29, 1.82) is 0 Å². The first kappa shape index (κ1) is 36.7. The predicted molar refractivity (Wildman–Crippen MR) is 125 cm³/mol. The SMILES string of the molecule is CC(C)(C)[NH-].CC1=[C-]C(C)c2c1c1ccccc1c1ccccc21.[CH3-].[CH3-].[Cl-].[Cl-].[Si].[Ti+2]. The maximum atomic E-state index is 6.94. The van der Waals surface area contributed by atoms with Crippen LogP contribution >= 0.6 is 0 Å². The Hall–Kier alpha value is -0.609. The van der Waals surface area contributed by atoms with Gasteiger partial charge in [-0.05, 0) is 16.2 Å². The van der Waals surface area contributed by atoms with Crippen LogP contribution in [0.25, 0.3) is 32.9 Å². The van der Waals surface area contributed by atoms with Crippen molar-refractivity contribution in [2.75, 3.05) is 0 Å². The van der Waals surface area contributed by atoms with Gasteiger partial charge in [-0.15, -0.1) is 11.1 Å². The molecule has 0 aromatic heterocycles. The molecule has 0 saturated carbocycles. The molecule has 5 heteroatoms. The fraction of sp³-hybridized carbons (Fsp3) is 0.280. The second-order valence-electron chi connectivity index (χ2n) is 7.62. The van der Waals surface area contributed by atoms with Crippen LogP contribution in [0.5, 0.6) is 0 Å². The zero-order valence-electron chi connectivity index (χ0n) is 19.0. The fourth-order valence-corrected chi connectivity index (χ4v) is 3.49. The average molecular weight is 492 g/mol. The molecule has 1 aliphatic rings. The summed E-state index contributed by atoms with van der Waals surface area (Å²) in [7, 11) is 0. The van der Waals surface area contributed by atoms with E-state index in [0.717, 1.165) is 0 Å². The van der Waals surface area contributed by atoms with Crippen LogP contribution in [-0.4, -0.2) is 16.5 Å². The Kier molecular flexibility index (Phi) is 17.7. The van der Waals surface area contributed by atoms with Crippen molar-refractivity contribution in [3.8, 4) is 0 Å². The third-order valence-corrected chi connectivity index (χ3v) is 4.21. The fourth-order valence-electron chi connectivity index (χ4n) is 3.49. The molecule has 1 aliphatic carbocycles. The van der Waals surface area contributed by atoms with Crippen molar-refractivity contribution in [2.24, 2.45) is 0 Å². The van der Waals surface area contributed by atoms with Crippen LogP contribution in [-0.2, 0) is 21.7 Å². The Bertz CT molecular complexity index is 943. The van der Waals surface area contributed by atoms with Gasteiger partial charge in [0.05, 0.1) is 0 Å². The smallest absolute Gasteiger partial charge is 1.00 e. The summed E-state index contributed by atoms with van der Waals surface area (Å²) in [5.41, 5.74) is 10.8. The first-order valence-corrected chi connectivity index (χ1v) is 8.56. The minimum Gasteiger partial charge on any atom is -1.00 e. The number of hydrogen-bond donors (Lipinski definition) is 0. The molecule has 1 unspecified atom stereocenters. The number of rotatable bonds is 0. The molecule has 3 aromatic carbocycles. The van der Waals surface area contributed by atoms with Gasteiger partial charge in [0.25, 0.3) is 0 Å². The molecule has 4 rings (SSSR count). The Morgan fingerprint density at radius 1 is 0.800 bits per heavy atom. The van der Waals surface area contributed by atoms with E-state index < -0.39 is 0 Å². The van der Waals surface area contributed by atoms with Gasteiger partial charge in [0.15, 0.2) is 0 Å². The van der Waals surface area contributed by atoms with Crippen molar-refractivity contribution in [2.45, 2.75) is 46.1 Å². The van der Waals surface area contributed by atoms with Crippen LogP contribution in [0.3, 0.4) is 0 Å². The summed E-state index contributed by atoms with van der Waals surface area (Å²) in [6.45, 7) is 9.99. The number of allylic oxidation sites excluding steroid dienone is 2. The van der Waals surface area contributed by atoms with Crippen LogP contribution in [0.2, 0.25) is 0 Å². The quantitative estimate of drug-likeness (QED) is 0.259. The summed E-state index contributed by atoms with van der Waals surface area (Å²) in [5, 5.41) is 5.46. The average Bonchev–Trinajstić information content (AvgIpc) is 2.81. The van der Waals surface area contributed by atoms with E-state index >= 15 is 0 Å². The number of halogens is 2. The van der Waals surface area contributed by atoms with E-state index in [2.05, 4.69) is 68.5 Å². The van der Waals surface area contributed by atoms with E-state index in [4.69, 9.17) is 5.73 Å². The van der Waals surface area contributed by atoms with Gasteiger partial charge >= 0.3 is 21.7 Å². The third-order valence-electron chi connectivity index (χ3n) is 4.21. The van der Waals surface area contributed by atoms with Gasteiger partial charge in [-0.1, -0.05) is 94.5 Å². The van der Waals surface area contributed by atoms with E-state index in [1.54, 1.807) is 0 Å². The van der Waals surface area contributed by atoms with Gasteiger partial charge in [-0.3, -0.25) is 6.08 Å². The molecule has 0 bridgehead atoms. The molecular weight excluding hydrogens is 461 g/mol. The topological polar surface area (TPSA) is 23.8 Å². The number of nitrogens with one attached hydrogen (secondary N) is 1. The molecule has 0 heterocycles. The van der Waals surface area contributed by atoms with Crippen molar-refractivity contribution < 1.29 is 46.5 Å². The van der Waals surface area contributed by atoms with E-state index in [1.165, 1.54) is 38.2 Å². The Morgan fingerprint density at radius 2 is 1.13 bits per heavy atom. The van der Waals surface area contributed by atoms with Crippen molar-refractivity contribution >= 4 is 38.1 Å². The van der Waals surface area contributed by atoms with Crippen LogP contribution in [0, 0.1) is 20.9 Å². The molecule has 3 aromatic rings. The van der Waals surface area contributed by atoms with Crippen LogP contribution in [0.1, 0.15) is 51.7 Å². The maximum absolute atomic E-state index is 6.94. The normalized spacial score (nSPS) is 13.3. The number of benzene rings is 3. The van der Waals surface area contributed by atoms with E-state index in [-0.39, 0.29) is 77.9 Å². The van der Waals surface area contributed by atoms with Gasteiger partial charge in [-0.2, -0.15) is 5.56 Å². The molecule has 0 aliphatic heterocycles. The van der Waals surface area contributed by atoms with Crippen LogP contribution in [0.15, 0.2) is 48.5 Å². The summed E-state index contributed by atoms with van der Waals surface area (Å²) in [6.07, 6.45) is 3.58. The minimum absolute atomic E-state index is 0. The molecule has 0 spiro atoms. The summed E-state index contributed by atoms with van der Waals surface area (Å²) < 4.78 is 0. The molecule has 1 N–H and O–H groups in total. The van der Waals surface area contributed by atoms with E-state index in [9.17, 15) is 0 Å². The van der Waals surface area contributed by atoms with Crippen molar-refractivity contribution in [1.82, 2.24) is 0 Å². The Balaban J connectivity index is -0.000000281. The molecule has 0 saturated heterocycles. The molecule has 30 heavy (non-hydrogen) atoms. The van der Waals surface area contributed by atoms with Gasteiger partial charge < -0.3 is 45.4 Å². The third kappa shape index (κ3) is 7.82. The number of fused-ring (bicyclic) bond motifs is 6. The molecule has 1 atom stereocenters. The monoisotopic (exact) mass is 491 g/mol. The van der Waals surface area contributed by atoms with E-state index in [0.29, 0.717) is 5.92 Å². The van der Waals surface area contributed by atoms with E-state index in [1.807, 2.05) is 20.8 Å². The standard InChI is InChI=1S/C19H15.C4H10N.2CH3.2ClH.Si.Ti/c1-12-11-13(2)19-17-10-6-4-8-15(17)14-7-3-5-9-16(14)18(12)19;1-4(2,3)5;;;;;;/h3-10,12H,1-2H3;5H,1-3H3;2*1H3;2*1H;;/q4*-1;;;;+2/p-2. The predicted octanol–water partition coefficient (Wildman–Crippen LogP) is 1.68. The zero-order valence-corrected chi connectivity index (χ0v) is 23.0. The Labute approximate surface area is 216 Å². The van der Waals surface area contributed by atoms with Crippen LogP contribution < -0.4 is 24.8 Å². The second-order valence-corrected chi connectivity index (χ2v) is 7.62. The van der Waals surface area contributed by atoms with Gasteiger partial charge in [-0.25, -0.2) is 5.57 Å². The maximum Gasteiger partial charge on any atom is 2.00 e. The zero-order chi connectivity index (χ0) is 17.5. The first-order chi connectivity index (χ1) is 11.3. The number of hydrogen-bond acceptors (Lipinski definition) is 0.